The second-order valence-electron chi connectivity index (χ2n) is 1.20. The maximum Gasteiger partial charge on any atom is 0.135 e. The minimum Gasteiger partial charge on any atom is -0.206 e. The Bertz CT molecular complexity index is 135. The van der Waals surface area contributed by atoms with Crippen LogP contribution in [0, 0.1) is 0 Å². The van der Waals surface area contributed by atoms with Crippen molar-refractivity contribution in [2.24, 2.45) is 0 Å². The third-order valence-electron chi connectivity index (χ3n) is 0.540. The van der Waals surface area contributed by atoms with Crippen molar-refractivity contribution in [2.45, 2.75) is 0 Å². The summed E-state index contributed by atoms with van der Waals surface area (Å²) in [6.07, 6.45) is 2.55. The van der Waals surface area contributed by atoms with Crippen molar-refractivity contribution in [2.75, 3.05) is 0 Å². The first-order chi connectivity index (χ1) is 3.68. The molecule has 0 aromatic rings. The van der Waals surface area contributed by atoms with E-state index in [2.05, 4.69) is 25.8 Å². The van der Waals surface area contributed by atoms with Crippen LogP contribution in [0.2, 0.25) is 0 Å². The fraction of sp³-hybridized carbons (Fsp3) is 0. The van der Waals surface area contributed by atoms with Gasteiger partial charge in [-0.25, -0.2) is 4.39 Å². The lowest BCUT2D eigenvalue weighted by Gasteiger charge is -1.86. The molecule has 0 fully saturated rings. The molecule has 0 aromatic heterocycles. The molecule has 2 heteroatoms. The first-order valence-corrected chi connectivity index (χ1v) is 2.49. The van der Waals surface area contributed by atoms with Gasteiger partial charge in [-0.05, 0) is 6.08 Å². The third kappa shape index (κ3) is 2.64. The van der Waals surface area contributed by atoms with E-state index in [4.69, 9.17) is 0 Å². The molecule has 0 unspecified atom stereocenters. The van der Waals surface area contributed by atoms with Crippen molar-refractivity contribution in [3.63, 3.8) is 0 Å². The summed E-state index contributed by atoms with van der Waals surface area (Å²) in [5.74, 6) is -0.441. The molecule has 0 rings (SSSR count). The SMILES string of the molecule is C=C/C=C(/F)C(=C)S. The van der Waals surface area contributed by atoms with Gasteiger partial charge in [-0.1, -0.05) is 19.2 Å². The second-order valence-corrected chi connectivity index (χ2v) is 1.74. The first-order valence-electron chi connectivity index (χ1n) is 2.05. The molecule has 0 radical (unpaired) electrons. The Morgan fingerprint density at radius 1 is 1.62 bits per heavy atom. The summed E-state index contributed by atoms with van der Waals surface area (Å²) in [6, 6.07) is 0. The van der Waals surface area contributed by atoms with Crippen LogP contribution in [0.15, 0.2) is 36.0 Å². The Morgan fingerprint density at radius 3 is 2.25 bits per heavy atom. The molecular formula is C6H7FS. The summed E-state index contributed by atoms with van der Waals surface area (Å²) in [5, 5.41) is 0. The van der Waals surface area contributed by atoms with Gasteiger partial charge in [0.2, 0.25) is 0 Å². The molecule has 0 aliphatic rings. The molecule has 0 nitrogen and oxygen atoms in total. The quantitative estimate of drug-likeness (QED) is 0.431. The molecule has 0 bridgehead atoms. The van der Waals surface area contributed by atoms with Gasteiger partial charge in [0.25, 0.3) is 0 Å². The van der Waals surface area contributed by atoms with Crippen molar-refractivity contribution in [1.82, 2.24) is 0 Å². The first kappa shape index (κ1) is 7.50. The molecule has 0 aliphatic carbocycles. The summed E-state index contributed by atoms with van der Waals surface area (Å²) >= 11 is 3.64. The maximum atomic E-state index is 12.1. The van der Waals surface area contributed by atoms with Crippen LogP contribution in [-0.4, -0.2) is 0 Å². The van der Waals surface area contributed by atoms with Gasteiger partial charge in [0.1, 0.15) is 5.83 Å². The zero-order valence-electron chi connectivity index (χ0n) is 4.39. The molecule has 0 saturated carbocycles. The van der Waals surface area contributed by atoms with Gasteiger partial charge in [-0.2, -0.15) is 0 Å². The average Bonchev–Trinajstić information content (AvgIpc) is 1.67. The lowest BCUT2D eigenvalue weighted by Crippen LogP contribution is -1.66. The van der Waals surface area contributed by atoms with Gasteiger partial charge in [-0.15, -0.1) is 12.6 Å². The third-order valence-corrected chi connectivity index (χ3v) is 0.753. The zero-order valence-corrected chi connectivity index (χ0v) is 5.29. The van der Waals surface area contributed by atoms with E-state index in [1.54, 1.807) is 0 Å². The van der Waals surface area contributed by atoms with E-state index >= 15 is 0 Å². The van der Waals surface area contributed by atoms with Crippen molar-refractivity contribution in [3.05, 3.63) is 36.0 Å². The molecule has 0 N–H and O–H groups in total. The van der Waals surface area contributed by atoms with Gasteiger partial charge in [0, 0.05) is 4.91 Å². The van der Waals surface area contributed by atoms with Gasteiger partial charge >= 0.3 is 0 Å². The predicted octanol–water partition coefficient (Wildman–Crippen LogP) is 2.47. The van der Waals surface area contributed by atoms with E-state index in [0.717, 1.165) is 0 Å². The number of allylic oxidation sites excluding steroid dienone is 3. The molecule has 8 heavy (non-hydrogen) atoms. The molecule has 0 amide bonds. The molecule has 0 aromatic carbocycles. The summed E-state index contributed by atoms with van der Waals surface area (Å²) in [4.78, 5) is 0.130. The van der Waals surface area contributed by atoms with E-state index in [9.17, 15) is 4.39 Å². The smallest absolute Gasteiger partial charge is 0.135 e. The van der Waals surface area contributed by atoms with Crippen LogP contribution >= 0.6 is 12.6 Å². The molecule has 0 atom stereocenters. The zero-order chi connectivity index (χ0) is 6.57. The van der Waals surface area contributed by atoms with Crippen molar-refractivity contribution in [1.29, 1.82) is 0 Å². The largest absolute Gasteiger partial charge is 0.206 e. The lowest BCUT2D eigenvalue weighted by atomic mass is 10.4. The lowest BCUT2D eigenvalue weighted by molar-refractivity contribution is 0.664. The topological polar surface area (TPSA) is 0 Å². The summed E-state index contributed by atoms with van der Waals surface area (Å²) < 4.78 is 12.1. The Labute approximate surface area is 53.8 Å². The molecule has 0 aliphatic heterocycles. The molecule has 0 heterocycles. The number of thiol groups is 1. The summed E-state index contributed by atoms with van der Waals surface area (Å²) in [7, 11) is 0. The average molecular weight is 130 g/mol. The Kier molecular flexibility index (Phi) is 3.28. The van der Waals surface area contributed by atoms with Crippen molar-refractivity contribution >= 4 is 12.6 Å². The Hall–Kier alpha value is -0.500. The normalized spacial score (nSPS) is 11.0. The van der Waals surface area contributed by atoms with E-state index in [1.165, 1.54) is 12.2 Å². The number of rotatable bonds is 2. The van der Waals surface area contributed by atoms with Gasteiger partial charge in [0.15, 0.2) is 0 Å². The van der Waals surface area contributed by atoms with E-state index in [-0.39, 0.29) is 4.91 Å². The molecule has 44 valence electrons. The minimum absolute atomic E-state index is 0.130. The second kappa shape index (κ2) is 3.50. The number of halogens is 1. The standard InChI is InChI=1S/C6H7FS/c1-3-4-6(7)5(2)8/h3-4,8H,1-2H2/b6-4+. The fourth-order valence-corrected chi connectivity index (χ4v) is 0.274. The highest BCUT2D eigenvalue weighted by Gasteiger charge is 1.89. The number of hydrogen-bond acceptors (Lipinski definition) is 1. The van der Waals surface area contributed by atoms with Gasteiger partial charge in [0.05, 0.1) is 0 Å². The van der Waals surface area contributed by atoms with Crippen LogP contribution in [0.25, 0.3) is 0 Å². The van der Waals surface area contributed by atoms with Crippen LogP contribution < -0.4 is 0 Å². The van der Waals surface area contributed by atoms with Crippen LogP contribution in [0.1, 0.15) is 0 Å². The van der Waals surface area contributed by atoms with Crippen molar-refractivity contribution in [3.8, 4) is 0 Å². The fourth-order valence-electron chi connectivity index (χ4n) is 0.200. The highest BCUT2D eigenvalue weighted by atomic mass is 32.1. The maximum absolute atomic E-state index is 12.1. The van der Waals surface area contributed by atoms with E-state index < -0.39 is 5.83 Å². The molecular weight excluding hydrogens is 123 g/mol. The van der Waals surface area contributed by atoms with Crippen LogP contribution in [0.5, 0.6) is 0 Å². The van der Waals surface area contributed by atoms with Crippen LogP contribution in [0.3, 0.4) is 0 Å². The van der Waals surface area contributed by atoms with Gasteiger partial charge in [-0.3, -0.25) is 0 Å². The monoisotopic (exact) mass is 130 g/mol. The van der Waals surface area contributed by atoms with E-state index in [0.29, 0.717) is 0 Å². The Balaban J connectivity index is 3.99. The predicted molar refractivity (Wildman–Crippen MR) is 37.5 cm³/mol. The number of hydrogen-bond donors (Lipinski definition) is 1. The highest BCUT2D eigenvalue weighted by Crippen LogP contribution is 2.11. The minimum atomic E-state index is -0.441. The highest BCUT2D eigenvalue weighted by molar-refractivity contribution is 7.84. The van der Waals surface area contributed by atoms with Crippen molar-refractivity contribution < 1.29 is 4.39 Å². The Morgan fingerprint density at radius 2 is 2.12 bits per heavy atom. The summed E-state index contributed by atoms with van der Waals surface area (Å²) in [6.45, 7) is 6.54. The van der Waals surface area contributed by atoms with Crippen LogP contribution in [-0.2, 0) is 0 Å². The molecule has 0 spiro atoms. The van der Waals surface area contributed by atoms with Crippen LogP contribution in [0.4, 0.5) is 4.39 Å². The van der Waals surface area contributed by atoms with E-state index in [1.807, 2.05) is 0 Å². The van der Waals surface area contributed by atoms with Gasteiger partial charge < -0.3 is 0 Å². The summed E-state index contributed by atoms with van der Waals surface area (Å²) in [5.41, 5.74) is 0. The molecule has 0 saturated heterocycles.